The topological polar surface area (TPSA) is 121 Å². The smallest absolute Gasteiger partial charge is 0.326 e. The number of rotatable bonds is 4. The SMILES string of the molecule is CC(C)Oc1ccc(N=c2ccn3nc/c(=C/c4[nH]c(=O)[nH]c4O)c3n2)cc1. The van der Waals surface area contributed by atoms with E-state index >= 15 is 0 Å². The molecule has 0 radical (unpaired) electrons. The Balaban J connectivity index is 1.74. The maximum atomic E-state index is 11.3. The van der Waals surface area contributed by atoms with Crippen molar-refractivity contribution in [3.05, 3.63) is 69.6 Å². The normalized spacial score (nSPS) is 13.0. The van der Waals surface area contributed by atoms with E-state index in [1.807, 2.05) is 38.1 Å². The summed E-state index contributed by atoms with van der Waals surface area (Å²) in [4.78, 5) is 25.1. The highest BCUT2D eigenvalue weighted by molar-refractivity contribution is 5.56. The minimum atomic E-state index is -0.492. The first-order chi connectivity index (χ1) is 13.5. The van der Waals surface area contributed by atoms with Gasteiger partial charge in [0.25, 0.3) is 0 Å². The van der Waals surface area contributed by atoms with Crippen LogP contribution in [-0.4, -0.2) is 35.8 Å². The van der Waals surface area contributed by atoms with E-state index in [0.717, 1.165) is 11.4 Å². The Labute approximate surface area is 158 Å². The lowest BCUT2D eigenvalue weighted by Crippen LogP contribution is -2.12. The molecule has 0 amide bonds. The summed E-state index contributed by atoms with van der Waals surface area (Å²) in [7, 11) is 0. The first-order valence-electron chi connectivity index (χ1n) is 8.67. The van der Waals surface area contributed by atoms with Gasteiger partial charge in [-0.15, -0.1) is 0 Å². The summed E-state index contributed by atoms with van der Waals surface area (Å²) < 4.78 is 7.22. The van der Waals surface area contributed by atoms with Crippen LogP contribution >= 0.6 is 0 Å². The van der Waals surface area contributed by atoms with Crippen molar-refractivity contribution in [2.24, 2.45) is 4.99 Å². The van der Waals surface area contributed by atoms with Crippen LogP contribution in [0.15, 0.2) is 52.5 Å². The third-order valence-corrected chi connectivity index (χ3v) is 3.87. The summed E-state index contributed by atoms with van der Waals surface area (Å²) in [5.74, 6) is 0.541. The van der Waals surface area contributed by atoms with E-state index in [4.69, 9.17) is 4.74 Å². The first-order valence-corrected chi connectivity index (χ1v) is 8.67. The number of nitrogens with one attached hydrogen (secondary N) is 2. The molecule has 3 aromatic heterocycles. The Morgan fingerprint density at radius 1 is 1.21 bits per heavy atom. The van der Waals surface area contributed by atoms with E-state index in [1.165, 1.54) is 0 Å². The molecule has 0 spiro atoms. The van der Waals surface area contributed by atoms with Crippen LogP contribution in [-0.2, 0) is 0 Å². The lowest BCUT2D eigenvalue weighted by Gasteiger charge is -2.08. The van der Waals surface area contributed by atoms with Gasteiger partial charge in [-0.25, -0.2) is 19.3 Å². The van der Waals surface area contributed by atoms with Gasteiger partial charge in [0.1, 0.15) is 11.4 Å². The molecule has 0 aliphatic rings. The van der Waals surface area contributed by atoms with Gasteiger partial charge in [-0.3, -0.25) is 4.98 Å². The van der Waals surface area contributed by atoms with Crippen molar-refractivity contribution in [1.82, 2.24) is 24.6 Å². The van der Waals surface area contributed by atoms with Gasteiger partial charge in [0.05, 0.1) is 18.0 Å². The van der Waals surface area contributed by atoms with E-state index in [0.29, 0.717) is 16.4 Å². The van der Waals surface area contributed by atoms with Gasteiger partial charge in [0.15, 0.2) is 11.1 Å². The fourth-order valence-electron chi connectivity index (χ4n) is 2.69. The van der Waals surface area contributed by atoms with Gasteiger partial charge < -0.3 is 14.8 Å². The molecular weight excluding hydrogens is 360 g/mol. The summed E-state index contributed by atoms with van der Waals surface area (Å²) in [6.07, 6.45) is 5.03. The number of imidazole rings is 1. The molecule has 4 aromatic rings. The maximum Gasteiger partial charge on any atom is 0.326 e. The largest absolute Gasteiger partial charge is 0.493 e. The molecule has 0 saturated heterocycles. The van der Waals surface area contributed by atoms with Crippen molar-refractivity contribution in [2.75, 3.05) is 0 Å². The number of nitrogens with zero attached hydrogens (tertiary/aromatic N) is 4. The van der Waals surface area contributed by atoms with E-state index < -0.39 is 5.69 Å². The molecule has 9 nitrogen and oxygen atoms in total. The molecule has 0 aliphatic heterocycles. The first kappa shape index (κ1) is 17.5. The van der Waals surface area contributed by atoms with Crippen molar-refractivity contribution in [3.63, 3.8) is 0 Å². The Morgan fingerprint density at radius 3 is 2.68 bits per heavy atom. The van der Waals surface area contributed by atoms with Crippen molar-refractivity contribution < 1.29 is 9.84 Å². The van der Waals surface area contributed by atoms with E-state index in [2.05, 4.69) is 25.0 Å². The minimum Gasteiger partial charge on any atom is -0.493 e. The number of hydrogen-bond donors (Lipinski definition) is 3. The second kappa shape index (κ2) is 7.03. The zero-order chi connectivity index (χ0) is 19.7. The van der Waals surface area contributed by atoms with Gasteiger partial charge in [0, 0.05) is 17.5 Å². The van der Waals surface area contributed by atoms with E-state index in [-0.39, 0.29) is 17.7 Å². The molecule has 9 heteroatoms. The third kappa shape index (κ3) is 3.63. The van der Waals surface area contributed by atoms with Gasteiger partial charge in [0.2, 0.25) is 5.88 Å². The Morgan fingerprint density at radius 2 is 2.00 bits per heavy atom. The van der Waals surface area contributed by atoms with Gasteiger partial charge in [-0.2, -0.15) is 5.10 Å². The van der Waals surface area contributed by atoms with E-state index in [9.17, 15) is 9.90 Å². The summed E-state index contributed by atoms with van der Waals surface area (Å²) in [6.45, 7) is 3.95. The summed E-state index contributed by atoms with van der Waals surface area (Å²) in [6, 6.07) is 9.18. The van der Waals surface area contributed by atoms with Crippen LogP contribution in [0.5, 0.6) is 11.6 Å². The quantitative estimate of drug-likeness (QED) is 0.490. The lowest BCUT2D eigenvalue weighted by atomic mass is 10.3. The Bertz CT molecular complexity index is 1300. The van der Waals surface area contributed by atoms with Crippen LogP contribution in [0.2, 0.25) is 0 Å². The highest BCUT2D eigenvalue weighted by Crippen LogP contribution is 2.18. The standard InChI is InChI=1S/C19H18N6O3/c1-11(2)28-14-5-3-13(4-6-14)21-16-7-8-25-17(23-16)12(10-20-25)9-15-18(26)24-19(27)22-15/h3-11,26H,1-2H3,(H2,22,24,27)/b12-9-,21-16?. The molecule has 142 valence electrons. The van der Waals surface area contributed by atoms with Crippen LogP contribution in [0.1, 0.15) is 19.5 Å². The zero-order valence-electron chi connectivity index (χ0n) is 15.2. The lowest BCUT2D eigenvalue weighted by molar-refractivity contribution is 0.242. The summed E-state index contributed by atoms with van der Waals surface area (Å²) >= 11 is 0. The van der Waals surface area contributed by atoms with Gasteiger partial charge in [-0.05, 0) is 44.2 Å². The maximum absolute atomic E-state index is 11.3. The summed E-state index contributed by atoms with van der Waals surface area (Å²) in [5, 5.41) is 14.6. The number of fused-ring (bicyclic) bond motifs is 1. The number of H-pyrrole nitrogens is 2. The van der Waals surface area contributed by atoms with Crippen molar-refractivity contribution in [2.45, 2.75) is 20.0 Å². The number of hydrogen-bond acceptors (Lipinski definition) is 6. The van der Waals surface area contributed by atoms with Gasteiger partial charge in [-0.1, -0.05) is 0 Å². The fraction of sp³-hybridized carbons (Fsp3) is 0.158. The van der Waals surface area contributed by atoms with Crippen LogP contribution in [0.25, 0.3) is 11.7 Å². The van der Waals surface area contributed by atoms with Crippen molar-refractivity contribution in [1.29, 1.82) is 0 Å². The highest BCUT2D eigenvalue weighted by atomic mass is 16.5. The average Bonchev–Trinajstić information content (AvgIpc) is 3.19. The Hall–Kier alpha value is -3.88. The predicted octanol–water partition coefficient (Wildman–Crippen LogP) is 1.02. The number of ether oxygens (including phenoxy) is 1. The molecule has 0 aliphatic carbocycles. The molecule has 1 aromatic carbocycles. The third-order valence-electron chi connectivity index (χ3n) is 3.87. The van der Waals surface area contributed by atoms with Crippen molar-refractivity contribution in [3.8, 4) is 11.6 Å². The Kier molecular flexibility index (Phi) is 4.40. The monoisotopic (exact) mass is 378 g/mol. The molecule has 3 heterocycles. The van der Waals surface area contributed by atoms with Crippen LogP contribution < -0.4 is 21.1 Å². The molecular formula is C19H18N6O3. The van der Waals surface area contributed by atoms with E-state index in [1.54, 1.807) is 29.1 Å². The summed E-state index contributed by atoms with van der Waals surface area (Å²) in [5.41, 5.74) is 1.55. The van der Waals surface area contributed by atoms with Crippen LogP contribution in [0.4, 0.5) is 5.69 Å². The molecule has 4 rings (SSSR count). The van der Waals surface area contributed by atoms with Crippen molar-refractivity contribution >= 4 is 17.4 Å². The molecule has 3 N–H and O–H groups in total. The molecule has 0 saturated carbocycles. The number of benzene rings is 1. The van der Waals surface area contributed by atoms with Gasteiger partial charge >= 0.3 is 5.69 Å². The van der Waals surface area contributed by atoms with Crippen LogP contribution in [0, 0.1) is 0 Å². The minimum absolute atomic E-state index is 0.109. The number of aromatic nitrogens is 5. The molecule has 0 bridgehead atoms. The molecule has 28 heavy (non-hydrogen) atoms. The fourth-order valence-corrected chi connectivity index (χ4v) is 2.69. The second-order valence-corrected chi connectivity index (χ2v) is 6.41. The van der Waals surface area contributed by atoms with Crippen LogP contribution in [0.3, 0.4) is 0 Å². The number of aromatic hydroxyl groups is 1. The second-order valence-electron chi connectivity index (χ2n) is 6.41. The highest BCUT2D eigenvalue weighted by Gasteiger charge is 2.05. The predicted molar refractivity (Wildman–Crippen MR) is 102 cm³/mol. The molecule has 0 unspecified atom stereocenters. The zero-order valence-corrected chi connectivity index (χ0v) is 15.2. The number of aromatic amines is 2. The molecule has 0 fully saturated rings. The molecule has 0 atom stereocenters. The average molecular weight is 378 g/mol.